The molecule has 10 heavy (non-hydrogen) atoms. The first-order valence-electron chi connectivity index (χ1n) is 2.87. The number of nitrogens with zero attached hydrogens (tertiary/aromatic N) is 1. The molecule has 0 bridgehead atoms. The van der Waals surface area contributed by atoms with Crippen molar-refractivity contribution < 1.29 is 10.2 Å². The zero-order chi connectivity index (χ0) is 7.61. The predicted octanol–water partition coefficient (Wildman–Crippen LogP) is 0.643. The Morgan fingerprint density at radius 2 is 2.40 bits per heavy atom. The van der Waals surface area contributed by atoms with E-state index in [2.05, 4.69) is 0 Å². The molecule has 1 aliphatic carbocycles. The molecule has 0 heterocycles. The highest BCUT2D eigenvalue weighted by Crippen LogP contribution is 2.19. The monoisotopic (exact) mass is 137 g/mol. The van der Waals surface area contributed by atoms with Gasteiger partial charge in [-0.05, 0) is 12.2 Å². The first kappa shape index (κ1) is 6.84. The average Bonchev–Trinajstić information content (AvgIpc) is 1.88. The number of aliphatic hydroxyl groups excluding tert-OH is 1. The Kier molecular flexibility index (Phi) is 1.48. The molecule has 0 amide bonds. The van der Waals surface area contributed by atoms with Crippen molar-refractivity contribution in [2.75, 3.05) is 0 Å². The standard InChI is InChI=1S/C7H7NO2/c8-5-7(10)3-1-2-6(9)4-7/h1-3,9-10H,4H2. The fourth-order valence-electron chi connectivity index (χ4n) is 0.789. The van der Waals surface area contributed by atoms with Crippen LogP contribution in [0.5, 0.6) is 0 Å². The molecular weight excluding hydrogens is 130 g/mol. The Morgan fingerprint density at radius 1 is 1.70 bits per heavy atom. The summed E-state index contributed by atoms with van der Waals surface area (Å²) in [5, 5.41) is 26.5. The van der Waals surface area contributed by atoms with Gasteiger partial charge in [0.1, 0.15) is 6.07 Å². The van der Waals surface area contributed by atoms with Crippen LogP contribution in [0.3, 0.4) is 0 Å². The zero-order valence-electron chi connectivity index (χ0n) is 5.28. The second-order valence-corrected chi connectivity index (χ2v) is 2.23. The lowest BCUT2D eigenvalue weighted by Crippen LogP contribution is -2.25. The second-order valence-electron chi connectivity index (χ2n) is 2.23. The summed E-state index contributed by atoms with van der Waals surface area (Å²) in [6, 6.07) is 1.68. The molecule has 1 aliphatic rings. The molecule has 0 aliphatic heterocycles. The zero-order valence-corrected chi connectivity index (χ0v) is 5.28. The van der Waals surface area contributed by atoms with Crippen LogP contribution in [0, 0.1) is 11.3 Å². The molecule has 2 N–H and O–H groups in total. The molecule has 3 heteroatoms. The quantitative estimate of drug-likeness (QED) is 0.481. The van der Waals surface area contributed by atoms with Crippen LogP contribution in [0.25, 0.3) is 0 Å². The summed E-state index contributed by atoms with van der Waals surface area (Å²) in [6.07, 6.45) is 4.25. The summed E-state index contributed by atoms with van der Waals surface area (Å²) in [7, 11) is 0. The van der Waals surface area contributed by atoms with E-state index < -0.39 is 5.60 Å². The van der Waals surface area contributed by atoms with Gasteiger partial charge in [0, 0.05) is 0 Å². The molecule has 1 unspecified atom stereocenters. The number of hydrogen-bond donors (Lipinski definition) is 2. The average molecular weight is 137 g/mol. The Balaban J connectivity index is 2.84. The number of aliphatic hydroxyl groups is 2. The molecule has 1 atom stereocenters. The SMILES string of the molecule is N#CC1(O)C=CC=C(O)C1. The lowest BCUT2D eigenvalue weighted by atomic mass is 9.96. The van der Waals surface area contributed by atoms with Gasteiger partial charge in [-0.2, -0.15) is 5.26 Å². The number of hydrogen-bond acceptors (Lipinski definition) is 3. The minimum Gasteiger partial charge on any atom is -0.512 e. The van der Waals surface area contributed by atoms with Crippen LogP contribution in [0.4, 0.5) is 0 Å². The van der Waals surface area contributed by atoms with Gasteiger partial charge in [-0.25, -0.2) is 0 Å². The summed E-state index contributed by atoms with van der Waals surface area (Å²) >= 11 is 0. The van der Waals surface area contributed by atoms with Crippen LogP contribution in [-0.4, -0.2) is 15.8 Å². The van der Waals surface area contributed by atoms with E-state index in [1.807, 2.05) is 0 Å². The summed E-state index contributed by atoms with van der Waals surface area (Å²) in [6.45, 7) is 0. The molecule has 0 radical (unpaired) electrons. The topological polar surface area (TPSA) is 64.2 Å². The van der Waals surface area contributed by atoms with Gasteiger partial charge in [0.05, 0.1) is 12.2 Å². The fourth-order valence-corrected chi connectivity index (χ4v) is 0.789. The lowest BCUT2D eigenvalue weighted by Gasteiger charge is -2.17. The van der Waals surface area contributed by atoms with Gasteiger partial charge in [0.2, 0.25) is 0 Å². The first-order valence-corrected chi connectivity index (χ1v) is 2.87. The van der Waals surface area contributed by atoms with Crippen molar-refractivity contribution in [1.29, 1.82) is 5.26 Å². The normalized spacial score (nSPS) is 31.0. The van der Waals surface area contributed by atoms with Crippen LogP contribution >= 0.6 is 0 Å². The van der Waals surface area contributed by atoms with Crippen LogP contribution in [-0.2, 0) is 0 Å². The van der Waals surface area contributed by atoms with Crippen molar-refractivity contribution in [2.24, 2.45) is 0 Å². The van der Waals surface area contributed by atoms with E-state index in [0.29, 0.717) is 0 Å². The molecule has 0 fully saturated rings. The molecule has 1 rings (SSSR count). The maximum atomic E-state index is 9.20. The number of allylic oxidation sites excluding steroid dienone is 2. The minimum absolute atomic E-state index is 0.0139. The molecular formula is C7H7NO2. The van der Waals surface area contributed by atoms with Crippen LogP contribution < -0.4 is 0 Å². The van der Waals surface area contributed by atoms with Crippen molar-refractivity contribution in [3.8, 4) is 6.07 Å². The summed E-state index contributed by atoms with van der Waals surface area (Å²) in [4.78, 5) is 0. The third-order valence-corrected chi connectivity index (χ3v) is 1.30. The van der Waals surface area contributed by atoms with Crippen LogP contribution in [0.2, 0.25) is 0 Å². The smallest absolute Gasteiger partial charge is 0.177 e. The molecule has 0 aromatic rings. The first-order chi connectivity index (χ1) is 4.66. The Labute approximate surface area is 58.5 Å². The van der Waals surface area contributed by atoms with Gasteiger partial charge in [-0.3, -0.25) is 0 Å². The Bertz CT molecular complexity index is 236. The summed E-state index contributed by atoms with van der Waals surface area (Å²) < 4.78 is 0. The lowest BCUT2D eigenvalue weighted by molar-refractivity contribution is 0.133. The van der Waals surface area contributed by atoms with Crippen molar-refractivity contribution in [1.82, 2.24) is 0 Å². The number of nitriles is 1. The fraction of sp³-hybridized carbons (Fsp3) is 0.286. The molecule has 0 aromatic carbocycles. The maximum absolute atomic E-state index is 9.20. The van der Waals surface area contributed by atoms with Crippen molar-refractivity contribution >= 4 is 0 Å². The van der Waals surface area contributed by atoms with Crippen LogP contribution in [0.15, 0.2) is 24.0 Å². The van der Waals surface area contributed by atoms with Gasteiger partial charge in [0.25, 0.3) is 0 Å². The molecule has 0 saturated heterocycles. The van der Waals surface area contributed by atoms with Gasteiger partial charge in [-0.15, -0.1) is 0 Å². The largest absolute Gasteiger partial charge is 0.512 e. The van der Waals surface area contributed by atoms with Crippen molar-refractivity contribution in [2.45, 2.75) is 12.0 Å². The van der Waals surface area contributed by atoms with Gasteiger partial charge >= 0.3 is 0 Å². The van der Waals surface area contributed by atoms with Crippen molar-refractivity contribution in [3.05, 3.63) is 24.0 Å². The van der Waals surface area contributed by atoms with E-state index >= 15 is 0 Å². The van der Waals surface area contributed by atoms with E-state index in [1.165, 1.54) is 18.2 Å². The molecule has 0 spiro atoms. The molecule has 52 valence electrons. The van der Waals surface area contributed by atoms with Gasteiger partial charge in [-0.1, -0.05) is 6.08 Å². The molecule has 3 nitrogen and oxygen atoms in total. The summed E-state index contributed by atoms with van der Waals surface area (Å²) in [5.41, 5.74) is -1.50. The van der Waals surface area contributed by atoms with Crippen LogP contribution in [0.1, 0.15) is 6.42 Å². The van der Waals surface area contributed by atoms with E-state index in [4.69, 9.17) is 10.4 Å². The van der Waals surface area contributed by atoms with Crippen molar-refractivity contribution in [3.63, 3.8) is 0 Å². The third-order valence-electron chi connectivity index (χ3n) is 1.30. The van der Waals surface area contributed by atoms with Gasteiger partial charge < -0.3 is 10.2 Å². The van der Waals surface area contributed by atoms with E-state index in [1.54, 1.807) is 6.07 Å². The summed E-state index contributed by atoms with van der Waals surface area (Å²) in [5.74, 6) is 0.0338. The highest BCUT2D eigenvalue weighted by atomic mass is 16.3. The predicted molar refractivity (Wildman–Crippen MR) is 35.0 cm³/mol. The highest BCUT2D eigenvalue weighted by molar-refractivity contribution is 5.27. The number of rotatable bonds is 0. The third kappa shape index (κ3) is 1.17. The Morgan fingerprint density at radius 3 is 2.80 bits per heavy atom. The van der Waals surface area contributed by atoms with E-state index in [0.717, 1.165) is 0 Å². The van der Waals surface area contributed by atoms with E-state index in [9.17, 15) is 5.11 Å². The minimum atomic E-state index is -1.50. The second kappa shape index (κ2) is 2.16. The van der Waals surface area contributed by atoms with E-state index in [-0.39, 0.29) is 12.2 Å². The molecule has 0 aromatic heterocycles. The maximum Gasteiger partial charge on any atom is 0.177 e. The van der Waals surface area contributed by atoms with Gasteiger partial charge in [0.15, 0.2) is 5.60 Å². The molecule has 0 saturated carbocycles. The Hall–Kier alpha value is -1.27. The highest BCUT2D eigenvalue weighted by Gasteiger charge is 2.26.